The molecule has 0 bridgehead atoms. The first-order chi connectivity index (χ1) is 6.45. The van der Waals surface area contributed by atoms with Crippen LogP contribution in [0.3, 0.4) is 0 Å². The van der Waals surface area contributed by atoms with Crippen LogP contribution in [0.5, 0.6) is 0 Å². The highest BCUT2D eigenvalue weighted by atomic mass is 16.5. The summed E-state index contributed by atoms with van der Waals surface area (Å²) in [7, 11) is 0. The molecule has 0 aromatic carbocycles. The number of rotatable bonds is 0. The largest absolute Gasteiger partial charge is 0.465 e. The summed E-state index contributed by atoms with van der Waals surface area (Å²) in [5.41, 5.74) is 4.10. The van der Waals surface area contributed by atoms with Crippen LogP contribution in [0.2, 0.25) is 0 Å². The standard InChI is InChI=1S/C11H11NO/c1-2-9-8-5-6-12-10(8)3-4-11(9)13-7-1/h1-2,4,7,12H,3,5-6H2. The third-order valence-electron chi connectivity index (χ3n) is 2.70. The minimum absolute atomic E-state index is 0.996. The fourth-order valence-corrected chi connectivity index (χ4v) is 2.08. The fourth-order valence-electron chi connectivity index (χ4n) is 2.08. The van der Waals surface area contributed by atoms with Gasteiger partial charge in [0.05, 0.1) is 6.26 Å². The van der Waals surface area contributed by atoms with Crippen LogP contribution in [0.1, 0.15) is 12.8 Å². The Kier molecular flexibility index (Phi) is 1.36. The van der Waals surface area contributed by atoms with Gasteiger partial charge in [-0.05, 0) is 30.2 Å². The van der Waals surface area contributed by atoms with Gasteiger partial charge in [0.15, 0.2) is 0 Å². The van der Waals surface area contributed by atoms with Gasteiger partial charge in [-0.25, -0.2) is 0 Å². The summed E-state index contributed by atoms with van der Waals surface area (Å²) >= 11 is 0. The number of nitrogens with one attached hydrogen (secondary N) is 1. The van der Waals surface area contributed by atoms with E-state index in [0.29, 0.717) is 0 Å². The molecule has 0 radical (unpaired) electrons. The quantitative estimate of drug-likeness (QED) is 0.605. The average molecular weight is 173 g/mol. The molecule has 2 aliphatic heterocycles. The molecule has 0 saturated carbocycles. The normalized spacial score (nSPS) is 24.0. The number of fused-ring (bicyclic) bond motifs is 2. The summed E-state index contributed by atoms with van der Waals surface area (Å²) in [5, 5.41) is 3.41. The van der Waals surface area contributed by atoms with E-state index in [1.165, 1.54) is 16.8 Å². The molecule has 1 N–H and O–H groups in total. The van der Waals surface area contributed by atoms with Crippen molar-refractivity contribution in [3.63, 3.8) is 0 Å². The van der Waals surface area contributed by atoms with Crippen LogP contribution in [0.15, 0.2) is 47.1 Å². The van der Waals surface area contributed by atoms with E-state index < -0.39 is 0 Å². The minimum atomic E-state index is 0.996. The summed E-state index contributed by atoms with van der Waals surface area (Å²) < 4.78 is 5.44. The van der Waals surface area contributed by atoms with Gasteiger partial charge in [-0.1, -0.05) is 0 Å². The van der Waals surface area contributed by atoms with Crippen LogP contribution in [0, 0.1) is 0 Å². The third-order valence-corrected chi connectivity index (χ3v) is 2.70. The average Bonchev–Trinajstić information content (AvgIpc) is 2.65. The van der Waals surface area contributed by atoms with Gasteiger partial charge < -0.3 is 10.1 Å². The summed E-state index contributed by atoms with van der Waals surface area (Å²) in [4.78, 5) is 0. The lowest BCUT2D eigenvalue weighted by atomic mass is 9.94. The molecule has 3 aliphatic rings. The van der Waals surface area contributed by atoms with Crippen molar-refractivity contribution < 1.29 is 4.74 Å². The molecule has 2 nitrogen and oxygen atoms in total. The lowest BCUT2D eigenvalue weighted by Gasteiger charge is -2.20. The maximum atomic E-state index is 5.44. The fraction of sp³-hybridized carbons (Fsp3) is 0.273. The molecule has 1 aliphatic carbocycles. The SMILES string of the molecule is C1=COC2=CCC3=C(CCN3)C2=C1. The van der Waals surface area contributed by atoms with Crippen LogP contribution in [-0.2, 0) is 4.74 Å². The van der Waals surface area contributed by atoms with E-state index in [1.54, 1.807) is 6.26 Å². The minimum Gasteiger partial charge on any atom is -0.465 e. The van der Waals surface area contributed by atoms with Crippen molar-refractivity contribution >= 4 is 0 Å². The van der Waals surface area contributed by atoms with Gasteiger partial charge in [0, 0.05) is 24.2 Å². The predicted octanol–water partition coefficient (Wildman–Crippen LogP) is 1.99. The van der Waals surface area contributed by atoms with Gasteiger partial charge in [0.25, 0.3) is 0 Å². The Balaban J connectivity index is 2.09. The van der Waals surface area contributed by atoms with Crippen molar-refractivity contribution in [3.05, 3.63) is 47.1 Å². The van der Waals surface area contributed by atoms with E-state index in [1.807, 2.05) is 6.08 Å². The van der Waals surface area contributed by atoms with E-state index in [2.05, 4.69) is 17.5 Å². The number of allylic oxidation sites excluding steroid dienone is 4. The van der Waals surface area contributed by atoms with Gasteiger partial charge in [-0.2, -0.15) is 0 Å². The molecule has 0 aromatic heterocycles. The Bertz CT molecular complexity index is 372. The Morgan fingerprint density at radius 2 is 2.38 bits per heavy atom. The molecule has 13 heavy (non-hydrogen) atoms. The number of hydrogen-bond acceptors (Lipinski definition) is 2. The van der Waals surface area contributed by atoms with Gasteiger partial charge in [-0.3, -0.25) is 0 Å². The van der Waals surface area contributed by atoms with Crippen LogP contribution < -0.4 is 5.32 Å². The molecular weight excluding hydrogens is 162 g/mol. The Hall–Kier alpha value is -1.44. The molecular formula is C11H11NO. The predicted molar refractivity (Wildman–Crippen MR) is 50.7 cm³/mol. The maximum absolute atomic E-state index is 5.44. The van der Waals surface area contributed by atoms with E-state index in [0.717, 1.165) is 25.1 Å². The topological polar surface area (TPSA) is 21.3 Å². The first-order valence-electron chi connectivity index (χ1n) is 4.65. The van der Waals surface area contributed by atoms with Crippen LogP contribution in [-0.4, -0.2) is 6.54 Å². The summed E-state index contributed by atoms with van der Waals surface area (Å²) in [6, 6.07) is 0. The maximum Gasteiger partial charge on any atom is 0.130 e. The molecule has 0 unspecified atom stereocenters. The highest BCUT2D eigenvalue weighted by Crippen LogP contribution is 2.35. The third kappa shape index (κ3) is 0.949. The molecule has 2 heteroatoms. The zero-order chi connectivity index (χ0) is 8.67. The molecule has 0 atom stereocenters. The summed E-state index contributed by atoms with van der Waals surface area (Å²) in [6.07, 6.45) is 10.1. The Morgan fingerprint density at radius 3 is 3.38 bits per heavy atom. The van der Waals surface area contributed by atoms with E-state index in [9.17, 15) is 0 Å². The molecule has 3 rings (SSSR count). The Morgan fingerprint density at radius 1 is 1.38 bits per heavy atom. The first-order valence-corrected chi connectivity index (χ1v) is 4.65. The highest BCUT2D eigenvalue weighted by molar-refractivity contribution is 5.54. The van der Waals surface area contributed by atoms with Crippen molar-refractivity contribution in [3.8, 4) is 0 Å². The monoisotopic (exact) mass is 173 g/mol. The van der Waals surface area contributed by atoms with Crippen molar-refractivity contribution in [2.45, 2.75) is 12.8 Å². The first kappa shape index (κ1) is 7.01. The number of ether oxygens (including phenoxy) is 1. The van der Waals surface area contributed by atoms with Crippen LogP contribution in [0.25, 0.3) is 0 Å². The lowest BCUT2D eigenvalue weighted by molar-refractivity contribution is 0.354. The van der Waals surface area contributed by atoms with Crippen molar-refractivity contribution in [1.29, 1.82) is 0 Å². The van der Waals surface area contributed by atoms with Gasteiger partial charge in [0.1, 0.15) is 5.76 Å². The Labute approximate surface area is 77.3 Å². The van der Waals surface area contributed by atoms with Gasteiger partial charge >= 0.3 is 0 Å². The van der Waals surface area contributed by atoms with Gasteiger partial charge in [-0.15, -0.1) is 0 Å². The van der Waals surface area contributed by atoms with Crippen molar-refractivity contribution in [2.24, 2.45) is 0 Å². The summed E-state index contributed by atoms with van der Waals surface area (Å²) in [5.74, 6) is 1.03. The van der Waals surface area contributed by atoms with Crippen LogP contribution >= 0.6 is 0 Å². The van der Waals surface area contributed by atoms with E-state index >= 15 is 0 Å². The van der Waals surface area contributed by atoms with E-state index in [-0.39, 0.29) is 0 Å². The number of hydrogen-bond donors (Lipinski definition) is 1. The lowest BCUT2D eigenvalue weighted by Crippen LogP contribution is -2.10. The van der Waals surface area contributed by atoms with Crippen molar-refractivity contribution in [1.82, 2.24) is 5.32 Å². The second kappa shape index (κ2) is 2.52. The zero-order valence-electron chi connectivity index (χ0n) is 7.34. The second-order valence-electron chi connectivity index (χ2n) is 3.43. The molecule has 0 amide bonds. The van der Waals surface area contributed by atoms with Crippen LogP contribution in [0.4, 0.5) is 0 Å². The van der Waals surface area contributed by atoms with Crippen molar-refractivity contribution in [2.75, 3.05) is 6.54 Å². The molecule has 0 spiro atoms. The van der Waals surface area contributed by atoms with E-state index in [4.69, 9.17) is 4.74 Å². The second-order valence-corrected chi connectivity index (χ2v) is 3.43. The zero-order valence-corrected chi connectivity index (χ0v) is 7.34. The molecule has 0 saturated heterocycles. The molecule has 2 heterocycles. The summed E-state index contributed by atoms with van der Waals surface area (Å²) in [6.45, 7) is 1.08. The van der Waals surface area contributed by atoms with Gasteiger partial charge in [0.2, 0.25) is 0 Å². The molecule has 0 aromatic rings. The molecule has 66 valence electrons. The highest BCUT2D eigenvalue weighted by Gasteiger charge is 2.24. The molecule has 0 fully saturated rings. The smallest absolute Gasteiger partial charge is 0.130 e.